The van der Waals surface area contributed by atoms with Crippen molar-refractivity contribution in [1.82, 2.24) is 4.90 Å². The number of rotatable bonds is 11. The van der Waals surface area contributed by atoms with Crippen molar-refractivity contribution in [1.29, 1.82) is 0 Å². The van der Waals surface area contributed by atoms with Crippen LogP contribution in [0.5, 0.6) is 0 Å². The van der Waals surface area contributed by atoms with Crippen LogP contribution in [0.4, 0.5) is 5.69 Å². The first kappa shape index (κ1) is 24.7. The van der Waals surface area contributed by atoms with Gasteiger partial charge in [0.25, 0.3) is 5.91 Å². The molecule has 0 spiro atoms. The maximum Gasteiger partial charge on any atom is 0.260 e. The Kier molecular flexibility index (Phi) is 9.09. The molecule has 2 aliphatic rings. The Bertz CT molecular complexity index is 800. The van der Waals surface area contributed by atoms with Gasteiger partial charge >= 0.3 is 0 Å². The van der Waals surface area contributed by atoms with Crippen molar-refractivity contribution in [3.05, 3.63) is 41.7 Å². The van der Waals surface area contributed by atoms with Gasteiger partial charge in [0.2, 0.25) is 5.12 Å². The largest absolute Gasteiger partial charge is 0.486 e. The highest BCUT2D eigenvalue weighted by atomic mass is 32.2. The van der Waals surface area contributed by atoms with Crippen LogP contribution in [0.1, 0.15) is 64.4 Å². The van der Waals surface area contributed by atoms with E-state index in [0.717, 1.165) is 25.9 Å². The van der Waals surface area contributed by atoms with Gasteiger partial charge in [0.15, 0.2) is 6.61 Å². The van der Waals surface area contributed by atoms with E-state index in [1.165, 1.54) is 55.1 Å². The van der Waals surface area contributed by atoms with E-state index in [2.05, 4.69) is 49.9 Å². The number of benzene rings is 1. The second-order valence-electron chi connectivity index (χ2n) is 9.17. The highest BCUT2D eigenvalue weighted by Crippen LogP contribution is 2.44. The summed E-state index contributed by atoms with van der Waals surface area (Å²) in [6.07, 6.45) is 9.82. The topological polar surface area (TPSA) is 49.9 Å². The van der Waals surface area contributed by atoms with Gasteiger partial charge in [0, 0.05) is 37.9 Å². The van der Waals surface area contributed by atoms with Gasteiger partial charge in [-0.15, -0.1) is 0 Å². The predicted octanol–water partition coefficient (Wildman–Crippen LogP) is 5.33. The highest BCUT2D eigenvalue weighted by molar-refractivity contribution is 8.15. The Morgan fingerprint density at radius 1 is 1.03 bits per heavy atom. The molecule has 0 aromatic heterocycles. The summed E-state index contributed by atoms with van der Waals surface area (Å²) in [5.41, 5.74) is 2.46. The summed E-state index contributed by atoms with van der Waals surface area (Å²) in [5.74, 6) is 0.674. The molecule has 0 N–H and O–H groups in total. The number of thioether (sulfide) groups is 1. The summed E-state index contributed by atoms with van der Waals surface area (Å²) in [7, 11) is 0. The molecule has 1 atom stereocenters. The average Bonchev–Trinajstić information content (AvgIpc) is 3.08. The summed E-state index contributed by atoms with van der Waals surface area (Å²) in [5, 5.41) is 0.0349. The van der Waals surface area contributed by atoms with Crippen LogP contribution in [0.15, 0.2) is 36.1 Å². The van der Waals surface area contributed by atoms with Crippen molar-refractivity contribution in [3.8, 4) is 0 Å². The van der Waals surface area contributed by atoms with Gasteiger partial charge in [-0.1, -0.05) is 74.9 Å². The number of anilines is 1. The molecule has 2 heterocycles. The van der Waals surface area contributed by atoms with Gasteiger partial charge in [-0.25, -0.2) is 0 Å². The monoisotopic (exact) mass is 458 g/mol. The van der Waals surface area contributed by atoms with Crippen LogP contribution >= 0.6 is 11.8 Å². The summed E-state index contributed by atoms with van der Waals surface area (Å²) in [6.45, 7) is 9.42. The van der Waals surface area contributed by atoms with Crippen molar-refractivity contribution in [2.75, 3.05) is 37.7 Å². The Morgan fingerprint density at radius 3 is 2.38 bits per heavy atom. The average molecular weight is 459 g/mol. The zero-order valence-electron chi connectivity index (χ0n) is 19.9. The number of aryl methyl sites for hydroxylation is 1. The van der Waals surface area contributed by atoms with Gasteiger partial charge in [-0.05, 0) is 32.4 Å². The minimum atomic E-state index is -0.341. The molecule has 6 heteroatoms. The molecule has 1 amide bonds. The summed E-state index contributed by atoms with van der Waals surface area (Å²) < 4.78 is 5.60. The zero-order valence-corrected chi connectivity index (χ0v) is 20.7. The van der Waals surface area contributed by atoms with Crippen LogP contribution in [0.3, 0.4) is 0 Å². The summed E-state index contributed by atoms with van der Waals surface area (Å²) in [6, 6.07) is 8.53. The summed E-state index contributed by atoms with van der Waals surface area (Å²) in [4.78, 5) is 29.0. The van der Waals surface area contributed by atoms with E-state index in [9.17, 15) is 9.59 Å². The van der Waals surface area contributed by atoms with E-state index in [1.54, 1.807) is 6.08 Å². The van der Waals surface area contributed by atoms with Crippen LogP contribution in [-0.2, 0) is 14.3 Å². The van der Waals surface area contributed by atoms with Crippen LogP contribution in [-0.4, -0.2) is 53.5 Å². The van der Waals surface area contributed by atoms with Crippen LogP contribution in [0.2, 0.25) is 0 Å². The van der Waals surface area contributed by atoms with E-state index in [0.29, 0.717) is 18.8 Å². The molecule has 5 nitrogen and oxygen atoms in total. The molecule has 0 radical (unpaired) electrons. The van der Waals surface area contributed by atoms with Crippen molar-refractivity contribution in [2.45, 2.75) is 70.5 Å². The number of ether oxygens (including phenoxy) is 1. The number of hydrogen-bond acceptors (Lipinski definition) is 5. The molecule has 1 fully saturated rings. The van der Waals surface area contributed by atoms with Crippen molar-refractivity contribution in [2.24, 2.45) is 0 Å². The minimum absolute atomic E-state index is 0.000667. The lowest BCUT2D eigenvalue weighted by Gasteiger charge is -2.36. The minimum Gasteiger partial charge on any atom is -0.486 e. The van der Waals surface area contributed by atoms with Crippen molar-refractivity contribution in [3.63, 3.8) is 0 Å². The molecular weight excluding hydrogens is 420 g/mol. The van der Waals surface area contributed by atoms with Gasteiger partial charge in [-0.2, -0.15) is 0 Å². The standard InChI is InChI=1S/C26H38N2O3S/c1-4-5-6-7-8-9-14-26(3)23(19-25(30)32-26)31-20-24(29)28-17-15-27(16-18-28)22-12-10-21(2)11-13-22/h10-13,19H,4-9,14-18,20H2,1-3H3. The van der Waals surface area contributed by atoms with Crippen LogP contribution in [0, 0.1) is 6.92 Å². The number of carbonyl (C=O) groups is 2. The number of piperazine rings is 1. The molecule has 0 bridgehead atoms. The molecule has 0 saturated carbocycles. The van der Waals surface area contributed by atoms with Crippen LogP contribution in [0.25, 0.3) is 0 Å². The molecule has 1 unspecified atom stereocenters. The normalized spacial score (nSPS) is 21.1. The first-order chi connectivity index (χ1) is 15.4. The number of hydrogen-bond donors (Lipinski definition) is 0. The third-order valence-electron chi connectivity index (χ3n) is 6.49. The SMILES string of the molecule is CCCCCCCCC1(C)SC(=O)C=C1OCC(=O)N1CCN(c2ccc(C)cc2)CC1. The highest BCUT2D eigenvalue weighted by Gasteiger charge is 2.39. The quantitative estimate of drug-likeness (QED) is 0.420. The fraction of sp³-hybridized carbons (Fsp3) is 0.615. The molecule has 176 valence electrons. The van der Waals surface area contributed by atoms with E-state index >= 15 is 0 Å². The first-order valence-electron chi connectivity index (χ1n) is 12.1. The Hall–Kier alpha value is -1.95. The summed E-state index contributed by atoms with van der Waals surface area (Å²) >= 11 is 1.34. The lowest BCUT2D eigenvalue weighted by atomic mass is 9.99. The Labute approximate surface area is 197 Å². The second kappa shape index (κ2) is 11.8. The maximum atomic E-state index is 12.8. The first-order valence-corrected chi connectivity index (χ1v) is 12.9. The third kappa shape index (κ3) is 6.77. The molecule has 3 rings (SSSR count). The zero-order chi connectivity index (χ0) is 23.0. The number of nitrogens with zero attached hydrogens (tertiary/aromatic N) is 2. The smallest absolute Gasteiger partial charge is 0.260 e. The van der Waals surface area contributed by atoms with Gasteiger partial charge < -0.3 is 14.5 Å². The Morgan fingerprint density at radius 2 is 1.69 bits per heavy atom. The molecule has 1 saturated heterocycles. The fourth-order valence-electron chi connectivity index (χ4n) is 4.37. The fourth-order valence-corrected chi connectivity index (χ4v) is 5.45. The molecular formula is C26H38N2O3S. The van der Waals surface area contributed by atoms with E-state index < -0.39 is 0 Å². The Balaban J connectivity index is 1.43. The van der Waals surface area contributed by atoms with Gasteiger partial charge in [0.1, 0.15) is 5.76 Å². The lowest BCUT2D eigenvalue weighted by Crippen LogP contribution is -2.49. The maximum absolute atomic E-state index is 12.8. The molecule has 1 aromatic carbocycles. The number of unbranched alkanes of at least 4 members (excludes halogenated alkanes) is 5. The molecule has 2 aliphatic heterocycles. The second-order valence-corrected chi connectivity index (χ2v) is 10.7. The molecule has 0 aliphatic carbocycles. The van der Waals surface area contributed by atoms with Crippen molar-refractivity contribution < 1.29 is 14.3 Å². The van der Waals surface area contributed by atoms with E-state index in [4.69, 9.17) is 4.74 Å². The van der Waals surface area contributed by atoms with Gasteiger partial charge in [-0.3, -0.25) is 9.59 Å². The van der Waals surface area contributed by atoms with E-state index in [1.807, 2.05) is 4.90 Å². The predicted molar refractivity (Wildman–Crippen MR) is 133 cm³/mol. The molecule has 32 heavy (non-hydrogen) atoms. The van der Waals surface area contributed by atoms with E-state index in [-0.39, 0.29) is 22.4 Å². The van der Waals surface area contributed by atoms with Crippen molar-refractivity contribution >= 4 is 28.5 Å². The molecule has 1 aromatic rings. The van der Waals surface area contributed by atoms with Crippen LogP contribution < -0.4 is 4.90 Å². The third-order valence-corrected chi connectivity index (χ3v) is 7.66. The number of carbonyl (C=O) groups excluding carboxylic acids is 2. The lowest BCUT2D eigenvalue weighted by molar-refractivity contribution is -0.135. The van der Waals surface area contributed by atoms with Gasteiger partial charge in [0.05, 0.1) is 4.75 Å². The number of amides is 1.